The zero-order valence-corrected chi connectivity index (χ0v) is 26.5. The summed E-state index contributed by atoms with van der Waals surface area (Å²) in [7, 11) is 0. The Labute approximate surface area is 251 Å². The molecule has 0 aliphatic rings. The highest BCUT2D eigenvalue weighted by atomic mass is 16.3. The molecular formula is C38H46N2O2. The number of rotatable bonds is 8. The Hall–Kier alpha value is -3.92. The fraction of sp³-hybridized carbons (Fsp3) is 0.368. The minimum atomic E-state index is 0.129. The molecule has 0 spiro atoms. The SMILES string of the molecule is CCc1cc(CC(C)(C)C)cc(C=Nc2cc3ccccc3cc2N=Cc2cc(CC(C)(C)C)cc(CC)c2O)c1O. The highest BCUT2D eigenvalue weighted by molar-refractivity contribution is 5.96. The molecule has 0 saturated carbocycles. The molecule has 4 aromatic carbocycles. The van der Waals surface area contributed by atoms with Gasteiger partial charge >= 0.3 is 0 Å². The van der Waals surface area contributed by atoms with Gasteiger partial charge in [0.2, 0.25) is 0 Å². The van der Waals surface area contributed by atoms with Crippen molar-refractivity contribution in [2.75, 3.05) is 0 Å². The first-order valence-electron chi connectivity index (χ1n) is 15.1. The predicted molar refractivity (Wildman–Crippen MR) is 180 cm³/mol. The van der Waals surface area contributed by atoms with Crippen molar-refractivity contribution in [2.24, 2.45) is 20.8 Å². The lowest BCUT2D eigenvalue weighted by Gasteiger charge is -2.19. The van der Waals surface area contributed by atoms with E-state index in [0.717, 1.165) is 47.6 Å². The number of phenolic OH excluding ortho intramolecular Hbond substituents is 2. The predicted octanol–water partition coefficient (Wildman–Crippen LogP) is 10.1. The van der Waals surface area contributed by atoms with Crippen molar-refractivity contribution < 1.29 is 10.2 Å². The maximum absolute atomic E-state index is 11.0. The fourth-order valence-corrected chi connectivity index (χ4v) is 5.44. The van der Waals surface area contributed by atoms with Crippen molar-refractivity contribution in [1.29, 1.82) is 0 Å². The van der Waals surface area contributed by atoms with Gasteiger partial charge < -0.3 is 10.2 Å². The van der Waals surface area contributed by atoms with Crippen LogP contribution in [0.1, 0.15) is 88.8 Å². The molecule has 0 aromatic heterocycles. The van der Waals surface area contributed by atoms with Crippen LogP contribution in [0.3, 0.4) is 0 Å². The molecule has 0 radical (unpaired) electrons. The summed E-state index contributed by atoms with van der Waals surface area (Å²) in [4.78, 5) is 9.75. The van der Waals surface area contributed by atoms with Crippen LogP contribution in [-0.2, 0) is 25.7 Å². The molecular weight excluding hydrogens is 516 g/mol. The van der Waals surface area contributed by atoms with E-state index < -0.39 is 0 Å². The van der Waals surface area contributed by atoms with Gasteiger partial charge in [-0.05, 0) is 93.8 Å². The lowest BCUT2D eigenvalue weighted by molar-refractivity contribution is 0.410. The van der Waals surface area contributed by atoms with Crippen molar-refractivity contribution in [3.05, 3.63) is 94.0 Å². The molecule has 0 saturated heterocycles. The van der Waals surface area contributed by atoms with Gasteiger partial charge in [0.25, 0.3) is 0 Å². The van der Waals surface area contributed by atoms with Gasteiger partial charge in [-0.15, -0.1) is 0 Å². The Morgan fingerprint density at radius 3 is 1.31 bits per heavy atom. The van der Waals surface area contributed by atoms with Crippen molar-refractivity contribution >= 4 is 34.6 Å². The average molecular weight is 563 g/mol. The van der Waals surface area contributed by atoms with Crippen molar-refractivity contribution in [3.63, 3.8) is 0 Å². The van der Waals surface area contributed by atoms with Crippen molar-refractivity contribution in [1.82, 2.24) is 0 Å². The molecule has 0 heterocycles. The van der Waals surface area contributed by atoms with E-state index in [0.29, 0.717) is 22.5 Å². The molecule has 4 nitrogen and oxygen atoms in total. The van der Waals surface area contributed by atoms with E-state index in [4.69, 9.17) is 9.98 Å². The molecule has 0 fully saturated rings. The zero-order chi connectivity index (χ0) is 30.7. The second-order valence-corrected chi connectivity index (χ2v) is 13.8. The third-order valence-electron chi connectivity index (χ3n) is 7.32. The van der Waals surface area contributed by atoms with Crippen LogP contribution in [0.25, 0.3) is 10.8 Å². The standard InChI is InChI=1S/C38H46N2O2/c1-9-27-15-25(21-37(3,4)5)17-31(35(27)41)23-39-33-19-29-13-11-12-14-30(29)20-34(33)40-24-32-18-26(22-38(6,7)8)16-28(10-2)36(32)42/h11-20,23-24,41-42H,9-10,21-22H2,1-8H3. The molecule has 0 aliphatic heterocycles. The van der Waals surface area contributed by atoms with E-state index in [1.807, 2.05) is 36.4 Å². The highest BCUT2D eigenvalue weighted by Gasteiger charge is 2.16. The van der Waals surface area contributed by atoms with Crippen LogP contribution in [0.15, 0.2) is 70.6 Å². The van der Waals surface area contributed by atoms with E-state index in [2.05, 4.69) is 79.7 Å². The van der Waals surface area contributed by atoms with Gasteiger partial charge in [0.1, 0.15) is 11.5 Å². The number of hydrogen-bond donors (Lipinski definition) is 2. The number of aryl methyl sites for hydroxylation is 2. The van der Waals surface area contributed by atoms with Gasteiger partial charge in [-0.2, -0.15) is 0 Å². The normalized spacial score (nSPS) is 12.7. The van der Waals surface area contributed by atoms with E-state index in [1.165, 1.54) is 11.1 Å². The molecule has 220 valence electrons. The average Bonchev–Trinajstić information content (AvgIpc) is 2.91. The first kappa shape index (κ1) is 31.0. The van der Waals surface area contributed by atoms with Crippen LogP contribution in [0, 0.1) is 10.8 Å². The second kappa shape index (κ2) is 12.5. The maximum Gasteiger partial charge on any atom is 0.127 e. The minimum absolute atomic E-state index is 0.129. The van der Waals surface area contributed by atoms with E-state index in [1.54, 1.807) is 12.4 Å². The number of nitrogens with zero attached hydrogens (tertiary/aromatic N) is 2. The number of hydrogen-bond acceptors (Lipinski definition) is 4. The lowest BCUT2D eigenvalue weighted by Crippen LogP contribution is -2.10. The Balaban J connectivity index is 1.80. The Bertz CT molecular complexity index is 1510. The van der Waals surface area contributed by atoms with E-state index >= 15 is 0 Å². The summed E-state index contributed by atoms with van der Waals surface area (Å²) in [5.74, 6) is 0.551. The summed E-state index contributed by atoms with van der Waals surface area (Å²) in [6.45, 7) is 17.4. The third-order valence-corrected chi connectivity index (χ3v) is 7.32. The van der Waals surface area contributed by atoms with Crippen LogP contribution < -0.4 is 0 Å². The smallest absolute Gasteiger partial charge is 0.127 e. The minimum Gasteiger partial charge on any atom is -0.507 e. The largest absolute Gasteiger partial charge is 0.507 e. The molecule has 4 heteroatoms. The van der Waals surface area contributed by atoms with Gasteiger partial charge in [-0.3, -0.25) is 9.98 Å². The quantitative estimate of drug-likeness (QED) is 0.210. The van der Waals surface area contributed by atoms with Gasteiger partial charge in [-0.1, -0.05) is 91.8 Å². The summed E-state index contributed by atoms with van der Waals surface area (Å²) < 4.78 is 0. The van der Waals surface area contributed by atoms with Crippen LogP contribution in [0.5, 0.6) is 11.5 Å². The van der Waals surface area contributed by atoms with Crippen LogP contribution in [0.2, 0.25) is 0 Å². The Kier molecular flexibility index (Phi) is 9.25. The van der Waals surface area contributed by atoms with Gasteiger partial charge in [0.05, 0.1) is 11.4 Å². The number of phenols is 2. The second-order valence-electron chi connectivity index (χ2n) is 13.8. The summed E-state index contributed by atoms with van der Waals surface area (Å²) in [6, 6.07) is 20.5. The zero-order valence-electron chi connectivity index (χ0n) is 26.5. The highest BCUT2D eigenvalue weighted by Crippen LogP contribution is 2.35. The molecule has 0 aliphatic carbocycles. The fourth-order valence-electron chi connectivity index (χ4n) is 5.44. The third kappa shape index (κ3) is 7.88. The molecule has 0 unspecified atom stereocenters. The Morgan fingerprint density at radius 1 is 0.595 bits per heavy atom. The monoisotopic (exact) mass is 562 g/mol. The first-order valence-corrected chi connectivity index (χ1v) is 15.1. The molecule has 0 bridgehead atoms. The number of aromatic hydroxyl groups is 2. The summed E-state index contributed by atoms with van der Waals surface area (Å²) in [6.07, 6.45) is 6.80. The number of benzene rings is 4. The van der Waals surface area contributed by atoms with Crippen molar-refractivity contribution in [2.45, 2.75) is 81.1 Å². The molecule has 0 amide bonds. The molecule has 4 aromatic rings. The van der Waals surface area contributed by atoms with E-state index in [-0.39, 0.29) is 22.3 Å². The van der Waals surface area contributed by atoms with Gasteiger partial charge in [-0.25, -0.2) is 0 Å². The summed E-state index contributed by atoms with van der Waals surface area (Å²) in [5.41, 5.74) is 7.29. The maximum atomic E-state index is 11.0. The van der Waals surface area contributed by atoms with Gasteiger partial charge in [0.15, 0.2) is 0 Å². The van der Waals surface area contributed by atoms with Crippen LogP contribution >= 0.6 is 0 Å². The molecule has 42 heavy (non-hydrogen) atoms. The first-order chi connectivity index (χ1) is 19.8. The molecule has 2 N–H and O–H groups in total. The molecule has 0 atom stereocenters. The number of fused-ring (bicyclic) bond motifs is 1. The summed E-state index contributed by atoms with van der Waals surface area (Å²) >= 11 is 0. The van der Waals surface area contributed by atoms with Crippen LogP contribution in [0.4, 0.5) is 11.4 Å². The van der Waals surface area contributed by atoms with Gasteiger partial charge in [0, 0.05) is 23.6 Å². The van der Waals surface area contributed by atoms with Crippen LogP contribution in [-0.4, -0.2) is 22.6 Å². The molecule has 4 rings (SSSR count). The lowest BCUT2D eigenvalue weighted by atomic mass is 9.86. The van der Waals surface area contributed by atoms with E-state index in [9.17, 15) is 10.2 Å². The van der Waals surface area contributed by atoms with Crippen molar-refractivity contribution in [3.8, 4) is 11.5 Å². The summed E-state index contributed by atoms with van der Waals surface area (Å²) in [5, 5.41) is 24.2. The topological polar surface area (TPSA) is 65.2 Å². The number of aliphatic imine (C=N–C) groups is 2. The Morgan fingerprint density at radius 2 is 0.976 bits per heavy atom.